The van der Waals surface area contributed by atoms with E-state index in [9.17, 15) is 0 Å². The Bertz CT molecular complexity index is 294. The Balaban J connectivity index is 2.95. The molecule has 76 valence electrons. The van der Waals surface area contributed by atoms with Crippen LogP contribution in [-0.4, -0.2) is 13.7 Å². The van der Waals surface area contributed by atoms with E-state index in [1.807, 2.05) is 31.2 Å². The van der Waals surface area contributed by atoms with Gasteiger partial charge in [-0.1, -0.05) is 36.9 Å². The molecule has 0 aromatic heterocycles. The Labute approximate surface area is 85.2 Å². The first-order chi connectivity index (χ1) is 6.83. The van der Waals surface area contributed by atoms with Crippen molar-refractivity contribution in [2.24, 2.45) is 0 Å². The van der Waals surface area contributed by atoms with Gasteiger partial charge < -0.3 is 9.47 Å². The smallest absolute Gasteiger partial charge is 0.184 e. The van der Waals surface area contributed by atoms with E-state index in [1.54, 1.807) is 13.2 Å². The van der Waals surface area contributed by atoms with E-state index in [0.717, 1.165) is 11.1 Å². The quantitative estimate of drug-likeness (QED) is 0.668. The molecule has 1 unspecified atom stereocenters. The number of methoxy groups -OCH3 is 1. The zero-order chi connectivity index (χ0) is 10.4. The second-order valence-corrected chi connectivity index (χ2v) is 2.86. The van der Waals surface area contributed by atoms with Crippen molar-refractivity contribution >= 4 is 6.08 Å². The largest absolute Gasteiger partial charge is 0.352 e. The third-order valence-electron chi connectivity index (χ3n) is 2.00. The Morgan fingerprint density at radius 3 is 2.71 bits per heavy atom. The second-order valence-electron chi connectivity index (χ2n) is 2.86. The third kappa shape index (κ3) is 2.44. The maximum Gasteiger partial charge on any atom is 0.184 e. The van der Waals surface area contributed by atoms with Gasteiger partial charge in [0.1, 0.15) is 0 Å². The van der Waals surface area contributed by atoms with Gasteiger partial charge in [-0.25, -0.2) is 0 Å². The normalized spacial score (nSPS) is 12.4. The molecular weight excluding hydrogens is 176 g/mol. The fourth-order valence-electron chi connectivity index (χ4n) is 1.35. The highest BCUT2D eigenvalue weighted by Crippen LogP contribution is 2.22. The van der Waals surface area contributed by atoms with Crippen LogP contribution in [0.15, 0.2) is 30.8 Å². The summed E-state index contributed by atoms with van der Waals surface area (Å²) in [6, 6.07) is 7.92. The molecule has 0 saturated heterocycles. The highest BCUT2D eigenvalue weighted by atomic mass is 16.7. The summed E-state index contributed by atoms with van der Waals surface area (Å²) in [6.07, 6.45) is 1.51. The van der Waals surface area contributed by atoms with Gasteiger partial charge >= 0.3 is 0 Å². The van der Waals surface area contributed by atoms with Crippen molar-refractivity contribution in [3.63, 3.8) is 0 Å². The number of rotatable bonds is 5. The van der Waals surface area contributed by atoms with E-state index in [-0.39, 0.29) is 6.29 Å². The molecular formula is C12H16O2. The number of hydrogen-bond donors (Lipinski definition) is 0. The Morgan fingerprint density at radius 1 is 1.43 bits per heavy atom. The lowest BCUT2D eigenvalue weighted by molar-refractivity contribution is -0.124. The molecule has 0 aliphatic heterocycles. The minimum Gasteiger partial charge on any atom is -0.352 e. The van der Waals surface area contributed by atoms with Gasteiger partial charge in [0.25, 0.3) is 0 Å². The molecule has 1 rings (SSSR count). The lowest BCUT2D eigenvalue weighted by atomic mass is 10.1. The second kappa shape index (κ2) is 5.58. The Kier molecular flexibility index (Phi) is 4.36. The third-order valence-corrected chi connectivity index (χ3v) is 2.00. The molecule has 0 N–H and O–H groups in total. The van der Waals surface area contributed by atoms with Crippen LogP contribution in [0.25, 0.3) is 6.08 Å². The van der Waals surface area contributed by atoms with Crippen LogP contribution in [0.1, 0.15) is 24.3 Å². The Morgan fingerprint density at radius 2 is 2.14 bits per heavy atom. The zero-order valence-corrected chi connectivity index (χ0v) is 8.69. The van der Waals surface area contributed by atoms with Crippen molar-refractivity contribution in [1.82, 2.24) is 0 Å². The van der Waals surface area contributed by atoms with Crippen molar-refractivity contribution in [2.45, 2.75) is 13.2 Å². The zero-order valence-electron chi connectivity index (χ0n) is 8.69. The molecule has 0 radical (unpaired) electrons. The van der Waals surface area contributed by atoms with Crippen molar-refractivity contribution < 1.29 is 9.47 Å². The fraction of sp³-hybridized carbons (Fsp3) is 0.333. The van der Waals surface area contributed by atoms with E-state index in [0.29, 0.717) is 6.61 Å². The summed E-state index contributed by atoms with van der Waals surface area (Å²) in [7, 11) is 1.64. The van der Waals surface area contributed by atoms with Crippen LogP contribution in [-0.2, 0) is 9.47 Å². The fourth-order valence-corrected chi connectivity index (χ4v) is 1.35. The maximum atomic E-state index is 5.45. The van der Waals surface area contributed by atoms with Gasteiger partial charge in [-0.05, 0) is 12.5 Å². The van der Waals surface area contributed by atoms with Crippen molar-refractivity contribution in [3.05, 3.63) is 42.0 Å². The van der Waals surface area contributed by atoms with Crippen LogP contribution in [0, 0.1) is 0 Å². The summed E-state index contributed by atoms with van der Waals surface area (Å²) in [5.41, 5.74) is 2.07. The van der Waals surface area contributed by atoms with E-state index in [4.69, 9.17) is 9.47 Å². The van der Waals surface area contributed by atoms with Gasteiger partial charge in [-0.15, -0.1) is 0 Å². The van der Waals surface area contributed by atoms with Crippen LogP contribution in [0.4, 0.5) is 0 Å². The summed E-state index contributed by atoms with van der Waals surface area (Å²) < 4.78 is 10.7. The SMILES string of the molecule is C=Cc1ccccc1C(OC)OCC. The molecule has 0 saturated carbocycles. The minimum absolute atomic E-state index is 0.297. The highest BCUT2D eigenvalue weighted by molar-refractivity contribution is 5.52. The van der Waals surface area contributed by atoms with Crippen LogP contribution >= 0.6 is 0 Å². The molecule has 0 bridgehead atoms. The minimum atomic E-state index is -0.297. The molecule has 1 aromatic carbocycles. The number of benzene rings is 1. The highest BCUT2D eigenvalue weighted by Gasteiger charge is 2.11. The first-order valence-electron chi connectivity index (χ1n) is 4.69. The number of ether oxygens (including phenoxy) is 2. The summed E-state index contributed by atoms with van der Waals surface area (Å²) in [6.45, 7) is 6.33. The molecule has 1 atom stereocenters. The average molecular weight is 192 g/mol. The first-order valence-corrected chi connectivity index (χ1v) is 4.69. The summed E-state index contributed by atoms with van der Waals surface area (Å²) in [5, 5.41) is 0. The van der Waals surface area contributed by atoms with Gasteiger partial charge in [-0.2, -0.15) is 0 Å². The van der Waals surface area contributed by atoms with Crippen molar-refractivity contribution in [2.75, 3.05) is 13.7 Å². The van der Waals surface area contributed by atoms with E-state index >= 15 is 0 Å². The molecule has 0 fully saturated rings. The lowest BCUT2D eigenvalue weighted by Crippen LogP contribution is -2.07. The molecule has 0 aliphatic carbocycles. The first kappa shape index (κ1) is 11.0. The van der Waals surface area contributed by atoms with Crippen LogP contribution in [0.2, 0.25) is 0 Å². The molecule has 2 heteroatoms. The standard InChI is InChI=1S/C12H16O2/c1-4-10-8-6-7-9-11(10)12(13-3)14-5-2/h4,6-9,12H,1,5H2,2-3H3. The molecule has 0 heterocycles. The van der Waals surface area contributed by atoms with E-state index < -0.39 is 0 Å². The lowest BCUT2D eigenvalue weighted by Gasteiger charge is -2.17. The van der Waals surface area contributed by atoms with Crippen molar-refractivity contribution in [1.29, 1.82) is 0 Å². The van der Waals surface area contributed by atoms with Gasteiger partial charge in [0.15, 0.2) is 6.29 Å². The molecule has 14 heavy (non-hydrogen) atoms. The topological polar surface area (TPSA) is 18.5 Å². The molecule has 2 nitrogen and oxygen atoms in total. The summed E-state index contributed by atoms with van der Waals surface area (Å²) in [5.74, 6) is 0. The van der Waals surface area contributed by atoms with Gasteiger partial charge in [-0.3, -0.25) is 0 Å². The maximum absolute atomic E-state index is 5.45. The van der Waals surface area contributed by atoms with Crippen LogP contribution in [0.3, 0.4) is 0 Å². The molecule has 0 aliphatic rings. The predicted octanol–water partition coefficient (Wildman–Crippen LogP) is 3.01. The summed E-state index contributed by atoms with van der Waals surface area (Å²) >= 11 is 0. The summed E-state index contributed by atoms with van der Waals surface area (Å²) in [4.78, 5) is 0. The van der Waals surface area contributed by atoms with E-state index in [1.165, 1.54) is 0 Å². The van der Waals surface area contributed by atoms with Gasteiger partial charge in [0.2, 0.25) is 0 Å². The van der Waals surface area contributed by atoms with Crippen molar-refractivity contribution in [3.8, 4) is 0 Å². The van der Waals surface area contributed by atoms with E-state index in [2.05, 4.69) is 6.58 Å². The molecule has 1 aromatic rings. The monoisotopic (exact) mass is 192 g/mol. The van der Waals surface area contributed by atoms with Gasteiger partial charge in [0.05, 0.1) is 0 Å². The van der Waals surface area contributed by atoms with Crippen LogP contribution in [0.5, 0.6) is 0 Å². The van der Waals surface area contributed by atoms with Crippen LogP contribution < -0.4 is 0 Å². The Hall–Kier alpha value is -1.12. The van der Waals surface area contributed by atoms with Gasteiger partial charge in [0, 0.05) is 19.3 Å². The predicted molar refractivity (Wildman–Crippen MR) is 57.9 cm³/mol. The average Bonchev–Trinajstić information content (AvgIpc) is 2.26. The molecule has 0 spiro atoms. The molecule has 0 amide bonds. The number of hydrogen-bond acceptors (Lipinski definition) is 2.